The van der Waals surface area contributed by atoms with Crippen LogP contribution >= 0.6 is 0 Å². The van der Waals surface area contributed by atoms with Gasteiger partial charge in [0.15, 0.2) is 0 Å². The minimum atomic E-state index is 0.742. The van der Waals surface area contributed by atoms with Crippen molar-refractivity contribution in [1.82, 2.24) is 5.32 Å². The Balaban J connectivity index is 1.64. The van der Waals surface area contributed by atoms with E-state index in [1.165, 1.54) is 56.2 Å². The van der Waals surface area contributed by atoms with Crippen LogP contribution in [0.4, 0.5) is 0 Å². The van der Waals surface area contributed by atoms with Crippen LogP contribution in [0.2, 0.25) is 0 Å². The molecule has 2 unspecified atom stereocenters. The first-order valence-corrected chi connectivity index (χ1v) is 8.92. The third-order valence-corrected chi connectivity index (χ3v) is 4.77. The van der Waals surface area contributed by atoms with Gasteiger partial charge >= 0.3 is 0 Å². The predicted molar refractivity (Wildman–Crippen MR) is 92.4 cm³/mol. The van der Waals surface area contributed by atoms with Crippen LogP contribution < -0.4 is 5.32 Å². The molecule has 2 atom stereocenters. The highest BCUT2D eigenvalue weighted by Gasteiger charge is 2.17. The van der Waals surface area contributed by atoms with Crippen molar-refractivity contribution < 1.29 is 0 Å². The van der Waals surface area contributed by atoms with E-state index < -0.39 is 0 Å². The molecule has 1 saturated carbocycles. The van der Waals surface area contributed by atoms with E-state index in [-0.39, 0.29) is 0 Å². The number of hydrogen-bond donors (Lipinski definition) is 1. The first kappa shape index (κ1) is 16.5. The molecule has 1 aromatic rings. The van der Waals surface area contributed by atoms with Gasteiger partial charge in [0.05, 0.1) is 0 Å². The highest BCUT2D eigenvalue weighted by Crippen LogP contribution is 2.30. The summed E-state index contributed by atoms with van der Waals surface area (Å²) in [5, 5.41) is 3.62. The molecule has 0 amide bonds. The van der Waals surface area contributed by atoms with E-state index >= 15 is 0 Å². The van der Waals surface area contributed by atoms with Gasteiger partial charge in [0.2, 0.25) is 0 Å². The van der Waals surface area contributed by atoms with Gasteiger partial charge in [0, 0.05) is 6.54 Å². The maximum atomic E-state index is 3.62. The van der Waals surface area contributed by atoms with E-state index in [1.807, 2.05) is 0 Å². The maximum absolute atomic E-state index is 3.62. The summed E-state index contributed by atoms with van der Waals surface area (Å²) in [5.74, 6) is 2.67. The van der Waals surface area contributed by atoms with Crippen LogP contribution in [0.5, 0.6) is 0 Å². The Bertz CT molecular complexity index is 393. The summed E-state index contributed by atoms with van der Waals surface area (Å²) in [7, 11) is 0. The van der Waals surface area contributed by atoms with Crippen LogP contribution in [0, 0.1) is 17.8 Å². The smallest absolute Gasteiger partial charge is 0.0205 e. The fraction of sp³-hybridized carbons (Fsp3) is 0.700. The molecule has 1 nitrogen and oxygen atoms in total. The fourth-order valence-corrected chi connectivity index (χ4v) is 3.63. The van der Waals surface area contributed by atoms with Crippen molar-refractivity contribution in [2.45, 2.75) is 65.8 Å². The topological polar surface area (TPSA) is 12.0 Å². The lowest BCUT2D eigenvalue weighted by molar-refractivity contribution is 0.267. The third kappa shape index (κ3) is 6.22. The van der Waals surface area contributed by atoms with Gasteiger partial charge in [-0.3, -0.25) is 0 Å². The molecule has 1 aromatic carbocycles. The SMILES string of the molecule is CC(C)Cc1ccc(CNCCC2CCCC(C)C2)cc1. The molecule has 2 rings (SSSR count). The third-order valence-electron chi connectivity index (χ3n) is 4.77. The van der Waals surface area contributed by atoms with Gasteiger partial charge in [-0.15, -0.1) is 0 Å². The summed E-state index contributed by atoms with van der Waals surface area (Å²) < 4.78 is 0. The van der Waals surface area contributed by atoms with Crippen LogP contribution in [-0.4, -0.2) is 6.54 Å². The molecule has 0 saturated heterocycles. The van der Waals surface area contributed by atoms with Crippen molar-refractivity contribution in [2.75, 3.05) is 6.54 Å². The van der Waals surface area contributed by atoms with Gasteiger partial charge in [0.1, 0.15) is 0 Å². The van der Waals surface area contributed by atoms with E-state index in [0.29, 0.717) is 0 Å². The molecule has 1 heteroatoms. The molecule has 1 aliphatic rings. The van der Waals surface area contributed by atoms with Gasteiger partial charge in [0.25, 0.3) is 0 Å². The lowest BCUT2D eigenvalue weighted by atomic mass is 9.81. The Morgan fingerprint density at radius 3 is 2.48 bits per heavy atom. The average molecular weight is 287 g/mol. The van der Waals surface area contributed by atoms with Crippen LogP contribution in [-0.2, 0) is 13.0 Å². The standard InChI is InChI=1S/C20H33N/c1-16(2)13-19-7-9-20(10-8-19)15-21-12-11-18-6-4-5-17(3)14-18/h7-10,16-18,21H,4-6,11-15H2,1-3H3. The van der Waals surface area contributed by atoms with Gasteiger partial charge in [-0.05, 0) is 54.7 Å². The predicted octanol–water partition coefficient (Wildman–Crippen LogP) is 5.19. The highest BCUT2D eigenvalue weighted by atomic mass is 14.8. The molecule has 0 heterocycles. The minimum Gasteiger partial charge on any atom is -0.313 e. The zero-order valence-corrected chi connectivity index (χ0v) is 14.2. The van der Waals surface area contributed by atoms with Crippen molar-refractivity contribution in [3.63, 3.8) is 0 Å². The molecule has 21 heavy (non-hydrogen) atoms. The zero-order chi connectivity index (χ0) is 15.1. The monoisotopic (exact) mass is 287 g/mol. The number of nitrogens with one attached hydrogen (secondary N) is 1. The molecule has 1 aliphatic carbocycles. The molecule has 0 aliphatic heterocycles. The van der Waals surface area contributed by atoms with Gasteiger partial charge < -0.3 is 5.32 Å². The largest absolute Gasteiger partial charge is 0.313 e. The quantitative estimate of drug-likeness (QED) is 0.680. The molecular formula is C20H33N. The Hall–Kier alpha value is -0.820. The second-order valence-electron chi connectivity index (χ2n) is 7.52. The van der Waals surface area contributed by atoms with E-state index in [4.69, 9.17) is 0 Å². The number of hydrogen-bond acceptors (Lipinski definition) is 1. The summed E-state index contributed by atoms with van der Waals surface area (Å²) in [6.07, 6.45) is 8.35. The molecular weight excluding hydrogens is 254 g/mol. The Morgan fingerprint density at radius 1 is 1.10 bits per heavy atom. The number of benzene rings is 1. The van der Waals surface area contributed by atoms with Crippen LogP contribution in [0.1, 0.15) is 64.0 Å². The van der Waals surface area contributed by atoms with E-state index in [0.717, 1.165) is 24.3 Å². The molecule has 1 fully saturated rings. The van der Waals surface area contributed by atoms with Crippen molar-refractivity contribution in [2.24, 2.45) is 17.8 Å². The fourth-order valence-electron chi connectivity index (χ4n) is 3.63. The Morgan fingerprint density at radius 2 is 1.81 bits per heavy atom. The average Bonchev–Trinajstić information content (AvgIpc) is 2.45. The highest BCUT2D eigenvalue weighted by molar-refractivity contribution is 5.22. The van der Waals surface area contributed by atoms with Crippen LogP contribution in [0.3, 0.4) is 0 Å². The van der Waals surface area contributed by atoms with Gasteiger partial charge in [-0.25, -0.2) is 0 Å². The minimum absolute atomic E-state index is 0.742. The van der Waals surface area contributed by atoms with Crippen molar-refractivity contribution in [3.8, 4) is 0 Å². The summed E-state index contributed by atoms with van der Waals surface area (Å²) in [6.45, 7) is 9.16. The summed E-state index contributed by atoms with van der Waals surface area (Å²) in [5.41, 5.74) is 2.88. The van der Waals surface area contributed by atoms with Crippen molar-refractivity contribution >= 4 is 0 Å². The molecule has 118 valence electrons. The van der Waals surface area contributed by atoms with E-state index in [1.54, 1.807) is 0 Å². The molecule has 1 N–H and O–H groups in total. The van der Waals surface area contributed by atoms with E-state index in [9.17, 15) is 0 Å². The lowest BCUT2D eigenvalue weighted by Crippen LogP contribution is -2.21. The summed E-state index contributed by atoms with van der Waals surface area (Å²) in [4.78, 5) is 0. The lowest BCUT2D eigenvalue weighted by Gasteiger charge is -2.26. The molecule has 0 bridgehead atoms. The first-order valence-electron chi connectivity index (χ1n) is 8.92. The molecule has 0 radical (unpaired) electrons. The zero-order valence-electron chi connectivity index (χ0n) is 14.2. The van der Waals surface area contributed by atoms with Crippen molar-refractivity contribution in [1.29, 1.82) is 0 Å². The van der Waals surface area contributed by atoms with Crippen molar-refractivity contribution in [3.05, 3.63) is 35.4 Å². The van der Waals surface area contributed by atoms with Gasteiger partial charge in [-0.1, -0.05) is 64.3 Å². The second kappa shape index (κ2) is 8.58. The Kier molecular flexibility index (Phi) is 6.76. The van der Waals surface area contributed by atoms with Crippen LogP contribution in [0.15, 0.2) is 24.3 Å². The maximum Gasteiger partial charge on any atom is 0.0205 e. The first-order chi connectivity index (χ1) is 10.1. The summed E-state index contributed by atoms with van der Waals surface area (Å²) >= 11 is 0. The van der Waals surface area contributed by atoms with Crippen LogP contribution in [0.25, 0.3) is 0 Å². The normalized spacial score (nSPS) is 22.7. The summed E-state index contributed by atoms with van der Waals surface area (Å²) in [6, 6.07) is 9.15. The van der Waals surface area contributed by atoms with Gasteiger partial charge in [-0.2, -0.15) is 0 Å². The molecule has 0 aromatic heterocycles. The number of rotatable bonds is 7. The molecule has 0 spiro atoms. The second-order valence-corrected chi connectivity index (χ2v) is 7.52. The Labute approximate surface area is 131 Å². The van der Waals surface area contributed by atoms with E-state index in [2.05, 4.69) is 50.4 Å².